The summed E-state index contributed by atoms with van der Waals surface area (Å²) in [6.45, 7) is 5.83. The van der Waals surface area contributed by atoms with Crippen molar-refractivity contribution in [3.05, 3.63) is 0 Å². The van der Waals surface area contributed by atoms with Crippen LogP contribution >= 0.6 is 11.6 Å². The quantitative estimate of drug-likeness (QED) is 0.548. The number of hydrogen-bond acceptors (Lipinski definition) is 2. The Morgan fingerprint density at radius 1 is 1.36 bits per heavy atom. The molecule has 0 heterocycles. The van der Waals surface area contributed by atoms with E-state index in [1.807, 2.05) is 0 Å². The molecule has 0 unspecified atom stereocenters. The Bertz CT molecular complexity index is 155. The zero-order valence-electron chi connectivity index (χ0n) is 9.31. The molecule has 1 N–H and O–H groups in total. The van der Waals surface area contributed by atoms with Gasteiger partial charge < -0.3 is 10.1 Å². The minimum absolute atomic E-state index is 0.210. The van der Waals surface area contributed by atoms with E-state index >= 15 is 0 Å². The summed E-state index contributed by atoms with van der Waals surface area (Å²) in [6.07, 6.45) is 5.39. The molecule has 3 heteroatoms. The van der Waals surface area contributed by atoms with Gasteiger partial charge in [0, 0.05) is 18.0 Å². The first-order chi connectivity index (χ1) is 6.68. The largest absolute Gasteiger partial charge is 0.377 e. The van der Waals surface area contributed by atoms with Crippen LogP contribution in [0.25, 0.3) is 0 Å². The van der Waals surface area contributed by atoms with Gasteiger partial charge >= 0.3 is 0 Å². The summed E-state index contributed by atoms with van der Waals surface area (Å²) in [5.74, 6) is 0.731. The third kappa shape index (κ3) is 3.76. The summed E-state index contributed by atoms with van der Waals surface area (Å²) in [7, 11) is 0. The molecule has 0 aromatic carbocycles. The molecule has 0 spiro atoms. The van der Waals surface area contributed by atoms with E-state index in [2.05, 4.69) is 19.2 Å². The van der Waals surface area contributed by atoms with E-state index in [9.17, 15) is 0 Å². The van der Waals surface area contributed by atoms with Crippen LogP contribution in [0.1, 0.15) is 39.5 Å². The van der Waals surface area contributed by atoms with Crippen LogP contribution < -0.4 is 5.32 Å². The number of nitrogens with one attached hydrogen (secondary N) is 1. The van der Waals surface area contributed by atoms with E-state index in [1.165, 1.54) is 25.7 Å². The summed E-state index contributed by atoms with van der Waals surface area (Å²) >= 11 is 6.00. The molecule has 0 saturated heterocycles. The SMILES string of the molecule is CC(C)OCCNC1(CCl)CCCC1. The molecule has 0 amide bonds. The maximum absolute atomic E-state index is 6.00. The molecular weight excluding hydrogens is 198 g/mol. The van der Waals surface area contributed by atoms with Gasteiger partial charge in [-0.15, -0.1) is 11.6 Å². The highest BCUT2D eigenvalue weighted by atomic mass is 35.5. The molecule has 0 aromatic rings. The Kier molecular flexibility index (Phi) is 5.21. The molecule has 1 aliphatic carbocycles. The lowest BCUT2D eigenvalue weighted by atomic mass is 10.0. The van der Waals surface area contributed by atoms with Crippen molar-refractivity contribution in [1.82, 2.24) is 5.32 Å². The van der Waals surface area contributed by atoms with Crippen molar-refractivity contribution in [2.45, 2.75) is 51.2 Å². The van der Waals surface area contributed by atoms with Crippen molar-refractivity contribution in [3.63, 3.8) is 0 Å². The molecule has 0 atom stereocenters. The molecule has 84 valence electrons. The van der Waals surface area contributed by atoms with Gasteiger partial charge in [-0.05, 0) is 26.7 Å². The highest BCUT2D eigenvalue weighted by molar-refractivity contribution is 6.18. The summed E-state index contributed by atoms with van der Waals surface area (Å²) < 4.78 is 5.49. The monoisotopic (exact) mass is 219 g/mol. The van der Waals surface area contributed by atoms with Crippen molar-refractivity contribution in [2.24, 2.45) is 0 Å². The average Bonchev–Trinajstić information content (AvgIpc) is 2.62. The van der Waals surface area contributed by atoms with Crippen LogP contribution in [0.15, 0.2) is 0 Å². The standard InChI is InChI=1S/C11H22ClNO/c1-10(2)14-8-7-13-11(9-12)5-3-4-6-11/h10,13H,3-9H2,1-2H3. The van der Waals surface area contributed by atoms with Crippen molar-refractivity contribution < 1.29 is 4.74 Å². The van der Waals surface area contributed by atoms with Crippen molar-refractivity contribution >= 4 is 11.6 Å². The average molecular weight is 220 g/mol. The molecule has 1 rings (SSSR count). The maximum atomic E-state index is 6.00. The zero-order chi connectivity index (χ0) is 10.4. The first kappa shape index (κ1) is 12.3. The minimum Gasteiger partial charge on any atom is -0.377 e. The predicted molar refractivity (Wildman–Crippen MR) is 61.0 cm³/mol. The molecule has 0 bridgehead atoms. The lowest BCUT2D eigenvalue weighted by Gasteiger charge is -2.28. The van der Waals surface area contributed by atoms with Crippen LogP contribution in [-0.4, -0.2) is 30.7 Å². The maximum Gasteiger partial charge on any atom is 0.0594 e. The van der Waals surface area contributed by atoms with Crippen LogP contribution in [0.3, 0.4) is 0 Å². The summed E-state index contributed by atoms with van der Waals surface area (Å²) in [5, 5.41) is 3.54. The van der Waals surface area contributed by atoms with Gasteiger partial charge in [-0.3, -0.25) is 0 Å². The summed E-state index contributed by atoms with van der Waals surface area (Å²) in [5.41, 5.74) is 0.210. The lowest BCUT2D eigenvalue weighted by molar-refractivity contribution is 0.0766. The van der Waals surface area contributed by atoms with Gasteiger partial charge in [-0.1, -0.05) is 12.8 Å². The van der Waals surface area contributed by atoms with Crippen LogP contribution in [-0.2, 0) is 4.74 Å². The Labute approximate surface area is 92.3 Å². The van der Waals surface area contributed by atoms with Crippen LogP contribution in [0.4, 0.5) is 0 Å². The molecule has 1 fully saturated rings. The molecule has 1 aliphatic rings. The number of alkyl halides is 1. The molecule has 0 radical (unpaired) electrons. The first-order valence-electron chi connectivity index (χ1n) is 5.61. The van der Waals surface area contributed by atoms with Gasteiger partial charge in [0.1, 0.15) is 0 Å². The zero-order valence-corrected chi connectivity index (χ0v) is 10.1. The van der Waals surface area contributed by atoms with Crippen LogP contribution in [0.2, 0.25) is 0 Å². The fourth-order valence-corrected chi connectivity index (χ4v) is 2.38. The summed E-state index contributed by atoms with van der Waals surface area (Å²) in [6, 6.07) is 0. The van der Waals surface area contributed by atoms with Crippen molar-refractivity contribution in [2.75, 3.05) is 19.0 Å². The van der Waals surface area contributed by atoms with Gasteiger partial charge in [-0.2, -0.15) is 0 Å². The normalized spacial score (nSPS) is 20.6. The van der Waals surface area contributed by atoms with Gasteiger partial charge in [0.15, 0.2) is 0 Å². The summed E-state index contributed by atoms with van der Waals surface area (Å²) in [4.78, 5) is 0. The molecule has 0 aliphatic heterocycles. The molecule has 2 nitrogen and oxygen atoms in total. The number of halogens is 1. The third-order valence-electron chi connectivity index (χ3n) is 2.87. The van der Waals surface area contributed by atoms with Crippen LogP contribution in [0.5, 0.6) is 0 Å². The Hall–Kier alpha value is 0.210. The fraction of sp³-hybridized carbons (Fsp3) is 1.00. The highest BCUT2D eigenvalue weighted by Gasteiger charge is 2.31. The topological polar surface area (TPSA) is 21.3 Å². The first-order valence-corrected chi connectivity index (χ1v) is 6.15. The fourth-order valence-electron chi connectivity index (χ4n) is 2.02. The van der Waals surface area contributed by atoms with Crippen molar-refractivity contribution in [3.8, 4) is 0 Å². The van der Waals surface area contributed by atoms with Gasteiger partial charge in [0.05, 0.1) is 12.7 Å². The van der Waals surface area contributed by atoms with E-state index < -0.39 is 0 Å². The van der Waals surface area contributed by atoms with E-state index in [-0.39, 0.29) is 5.54 Å². The van der Waals surface area contributed by atoms with Gasteiger partial charge in [-0.25, -0.2) is 0 Å². The van der Waals surface area contributed by atoms with Gasteiger partial charge in [0.25, 0.3) is 0 Å². The number of hydrogen-bond donors (Lipinski definition) is 1. The van der Waals surface area contributed by atoms with E-state index in [0.717, 1.165) is 19.0 Å². The molecular formula is C11H22ClNO. The second-order valence-electron chi connectivity index (χ2n) is 4.47. The number of rotatable bonds is 6. The molecule has 14 heavy (non-hydrogen) atoms. The highest BCUT2D eigenvalue weighted by Crippen LogP contribution is 2.30. The third-order valence-corrected chi connectivity index (χ3v) is 3.38. The van der Waals surface area contributed by atoms with Gasteiger partial charge in [0.2, 0.25) is 0 Å². The van der Waals surface area contributed by atoms with E-state index in [1.54, 1.807) is 0 Å². The second-order valence-corrected chi connectivity index (χ2v) is 4.73. The molecule has 1 saturated carbocycles. The Morgan fingerprint density at radius 2 is 2.00 bits per heavy atom. The number of ether oxygens (including phenoxy) is 1. The minimum atomic E-state index is 0.210. The molecule has 0 aromatic heterocycles. The predicted octanol–water partition coefficient (Wildman–Crippen LogP) is 2.55. The second kappa shape index (κ2) is 5.94. The smallest absolute Gasteiger partial charge is 0.0594 e. The van der Waals surface area contributed by atoms with Crippen LogP contribution in [0, 0.1) is 0 Å². The Balaban J connectivity index is 2.15. The lowest BCUT2D eigenvalue weighted by Crippen LogP contribution is -2.46. The van der Waals surface area contributed by atoms with E-state index in [0.29, 0.717) is 6.10 Å². The Morgan fingerprint density at radius 3 is 2.50 bits per heavy atom. The van der Waals surface area contributed by atoms with Crippen molar-refractivity contribution in [1.29, 1.82) is 0 Å². The van der Waals surface area contributed by atoms with E-state index in [4.69, 9.17) is 16.3 Å².